The molecule has 4 heterocycles. The molecule has 12 nitrogen and oxygen atoms in total. The Kier molecular flexibility index (Phi) is 3.10. The van der Waals surface area contributed by atoms with E-state index < -0.39 is 32.4 Å². The van der Waals surface area contributed by atoms with E-state index in [1.807, 2.05) is 0 Å². The number of imidazole rings is 1. The summed E-state index contributed by atoms with van der Waals surface area (Å²) in [6, 6.07) is 0. The molecule has 2 aromatic heterocycles. The maximum absolute atomic E-state index is 11.5. The second-order valence-electron chi connectivity index (χ2n) is 5.16. The summed E-state index contributed by atoms with van der Waals surface area (Å²) in [5.41, 5.74) is 12.1. The monoisotopic (exact) mass is 344 g/mol. The summed E-state index contributed by atoms with van der Waals surface area (Å²) in [6.07, 6.45) is -2.85. The maximum Gasteiger partial charge on any atom is 0.472 e. The Labute approximate surface area is 128 Å². The van der Waals surface area contributed by atoms with Crippen LogP contribution in [0, 0.1) is 0 Å². The Hall–Kier alpha value is -1.82. The molecule has 2 saturated heterocycles. The van der Waals surface area contributed by atoms with Gasteiger partial charge in [-0.2, -0.15) is 0 Å². The second kappa shape index (κ2) is 4.84. The van der Waals surface area contributed by atoms with Gasteiger partial charge in [-0.15, -0.1) is 0 Å². The summed E-state index contributed by atoms with van der Waals surface area (Å²) in [4.78, 5) is 21.3. The summed E-state index contributed by atoms with van der Waals surface area (Å²) in [5, 5.41) is 10.4. The Morgan fingerprint density at radius 1 is 1.39 bits per heavy atom. The largest absolute Gasteiger partial charge is 0.472 e. The van der Waals surface area contributed by atoms with Crippen molar-refractivity contribution in [2.45, 2.75) is 24.5 Å². The van der Waals surface area contributed by atoms with Crippen molar-refractivity contribution in [3.05, 3.63) is 6.33 Å². The molecule has 0 spiro atoms. The molecule has 0 radical (unpaired) electrons. The summed E-state index contributed by atoms with van der Waals surface area (Å²) in [6.45, 7) is -0.199. The fraction of sp³-hybridized carbons (Fsp3) is 0.500. The molecular weight excluding hydrogens is 331 g/mol. The van der Waals surface area contributed by atoms with E-state index in [4.69, 9.17) is 20.7 Å². The molecule has 2 unspecified atom stereocenters. The highest BCUT2D eigenvalue weighted by Gasteiger charge is 2.53. The van der Waals surface area contributed by atoms with Gasteiger partial charge in [-0.25, -0.2) is 19.5 Å². The van der Waals surface area contributed by atoms with Crippen LogP contribution in [0.25, 0.3) is 11.2 Å². The molecule has 2 aromatic rings. The van der Waals surface area contributed by atoms with Crippen molar-refractivity contribution in [3.8, 4) is 0 Å². The van der Waals surface area contributed by atoms with E-state index in [0.717, 1.165) is 0 Å². The highest BCUT2D eigenvalue weighted by atomic mass is 31.2. The number of phosphoric acid groups is 1. The molecular formula is C10H13N6O6P. The molecule has 0 aromatic carbocycles. The number of fused-ring (bicyclic) bond motifs is 2. The molecule has 0 bridgehead atoms. The normalized spacial score (nSPS) is 37.1. The summed E-state index contributed by atoms with van der Waals surface area (Å²) in [5.74, 6) is 0.132. The molecule has 2 aliphatic rings. The van der Waals surface area contributed by atoms with E-state index in [9.17, 15) is 14.6 Å². The number of rotatable bonds is 1. The van der Waals surface area contributed by atoms with Crippen molar-refractivity contribution >= 4 is 30.8 Å². The third kappa shape index (κ3) is 2.19. The van der Waals surface area contributed by atoms with E-state index in [1.54, 1.807) is 0 Å². The molecule has 2 aliphatic heterocycles. The lowest BCUT2D eigenvalue weighted by Crippen LogP contribution is -2.39. The number of nitrogen functional groups attached to an aromatic ring is 2. The van der Waals surface area contributed by atoms with E-state index in [2.05, 4.69) is 19.5 Å². The quantitative estimate of drug-likeness (QED) is 0.454. The molecule has 23 heavy (non-hydrogen) atoms. The van der Waals surface area contributed by atoms with Gasteiger partial charge in [-0.1, -0.05) is 0 Å². The Bertz CT molecular complexity index is 828. The van der Waals surface area contributed by atoms with Crippen LogP contribution in [0.1, 0.15) is 6.23 Å². The third-order valence-corrected chi connectivity index (χ3v) is 4.74. The van der Waals surface area contributed by atoms with Gasteiger partial charge in [0.1, 0.15) is 24.6 Å². The predicted octanol–water partition coefficient (Wildman–Crippen LogP) is -1.24. The summed E-state index contributed by atoms with van der Waals surface area (Å²) < 4.78 is 28.1. The minimum absolute atomic E-state index is 0.00277. The molecule has 0 amide bonds. The van der Waals surface area contributed by atoms with Crippen LogP contribution in [0.15, 0.2) is 6.33 Å². The number of nitrogens with two attached hydrogens (primary N) is 2. The Morgan fingerprint density at radius 2 is 2.17 bits per heavy atom. The summed E-state index contributed by atoms with van der Waals surface area (Å²) in [7, 11) is -4.21. The zero-order chi connectivity index (χ0) is 16.4. The fourth-order valence-electron chi connectivity index (χ4n) is 2.74. The maximum atomic E-state index is 11.5. The van der Waals surface area contributed by atoms with Gasteiger partial charge in [-0.3, -0.25) is 13.6 Å². The van der Waals surface area contributed by atoms with Crippen molar-refractivity contribution in [3.63, 3.8) is 0 Å². The molecule has 5 atom stereocenters. The molecule has 13 heteroatoms. The van der Waals surface area contributed by atoms with E-state index in [-0.39, 0.29) is 29.5 Å². The number of aliphatic hydroxyl groups is 1. The average molecular weight is 344 g/mol. The van der Waals surface area contributed by atoms with E-state index in [0.29, 0.717) is 0 Å². The minimum atomic E-state index is -4.21. The van der Waals surface area contributed by atoms with Crippen molar-refractivity contribution < 1.29 is 28.3 Å². The van der Waals surface area contributed by atoms with E-state index in [1.165, 1.54) is 10.9 Å². The van der Waals surface area contributed by atoms with Crippen LogP contribution in [-0.2, 0) is 18.3 Å². The topological polar surface area (TPSA) is 181 Å². The van der Waals surface area contributed by atoms with Gasteiger partial charge in [0.25, 0.3) is 0 Å². The third-order valence-electron chi connectivity index (χ3n) is 3.75. The van der Waals surface area contributed by atoms with E-state index >= 15 is 0 Å². The number of aromatic nitrogens is 4. The fourth-order valence-corrected chi connectivity index (χ4v) is 3.71. The van der Waals surface area contributed by atoms with Gasteiger partial charge in [0, 0.05) is 0 Å². The van der Waals surface area contributed by atoms with Crippen LogP contribution in [0.4, 0.5) is 11.8 Å². The first-order valence-electron chi connectivity index (χ1n) is 6.60. The van der Waals surface area contributed by atoms with Crippen LogP contribution in [-0.4, -0.2) is 54.4 Å². The molecule has 0 aliphatic carbocycles. The highest BCUT2D eigenvalue weighted by molar-refractivity contribution is 7.47. The van der Waals surface area contributed by atoms with Gasteiger partial charge in [-0.05, 0) is 0 Å². The van der Waals surface area contributed by atoms with Gasteiger partial charge >= 0.3 is 7.82 Å². The number of hydrogen-bond acceptors (Lipinski definition) is 10. The molecule has 124 valence electrons. The lowest BCUT2D eigenvalue weighted by molar-refractivity contribution is -0.0659. The Morgan fingerprint density at radius 3 is 2.96 bits per heavy atom. The Balaban J connectivity index is 1.76. The summed E-state index contributed by atoms with van der Waals surface area (Å²) >= 11 is 0. The number of nitrogens with zero attached hydrogens (tertiary/aromatic N) is 4. The zero-order valence-electron chi connectivity index (χ0n) is 11.5. The number of phosphoric ester groups is 1. The van der Waals surface area contributed by atoms with Crippen molar-refractivity contribution in [2.75, 3.05) is 18.1 Å². The number of hydrogen-bond donors (Lipinski definition) is 4. The first kappa shape index (κ1) is 14.8. The first-order chi connectivity index (χ1) is 10.9. The first-order valence-corrected chi connectivity index (χ1v) is 8.10. The average Bonchev–Trinajstić information content (AvgIpc) is 2.97. The lowest BCUT2D eigenvalue weighted by atomic mass is 10.1. The smallest absolute Gasteiger partial charge is 0.386 e. The van der Waals surface area contributed by atoms with Crippen LogP contribution in [0.5, 0.6) is 0 Å². The number of aliphatic hydroxyl groups excluding tert-OH is 1. The van der Waals surface area contributed by atoms with Crippen LogP contribution in [0.3, 0.4) is 0 Å². The van der Waals surface area contributed by atoms with Crippen molar-refractivity contribution in [1.29, 1.82) is 0 Å². The predicted molar refractivity (Wildman–Crippen MR) is 74.7 cm³/mol. The molecule has 6 N–H and O–H groups in total. The molecule has 2 fully saturated rings. The van der Waals surface area contributed by atoms with Crippen LogP contribution in [0.2, 0.25) is 0 Å². The molecule has 0 saturated carbocycles. The SMILES string of the molecule is Nc1ncnc2c1nc(N)n2C1O[C@@H]2COP(=O)(O)O[C@H]2[C@H]1O. The minimum Gasteiger partial charge on any atom is -0.386 e. The lowest BCUT2D eigenvalue weighted by Gasteiger charge is -2.27. The van der Waals surface area contributed by atoms with Crippen molar-refractivity contribution in [1.82, 2.24) is 19.5 Å². The number of ether oxygens (including phenoxy) is 1. The van der Waals surface area contributed by atoms with Gasteiger partial charge < -0.3 is 26.2 Å². The highest BCUT2D eigenvalue weighted by Crippen LogP contribution is 2.52. The second-order valence-corrected chi connectivity index (χ2v) is 6.57. The van der Waals surface area contributed by atoms with Crippen molar-refractivity contribution in [2.24, 2.45) is 0 Å². The van der Waals surface area contributed by atoms with Gasteiger partial charge in [0.2, 0.25) is 5.95 Å². The zero-order valence-corrected chi connectivity index (χ0v) is 12.4. The molecule has 4 rings (SSSR count). The number of anilines is 2. The van der Waals surface area contributed by atoms with Gasteiger partial charge in [0.15, 0.2) is 23.2 Å². The van der Waals surface area contributed by atoms with Crippen LogP contribution < -0.4 is 11.5 Å². The van der Waals surface area contributed by atoms with Gasteiger partial charge in [0.05, 0.1) is 6.61 Å². The van der Waals surface area contributed by atoms with Crippen LogP contribution >= 0.6 is 7.82 Å². The standard InChI is InChI=1S/C10H13N6O6P/c11-7-4-8(14-2-13-7)16(10(12)15-4)9-5(17)6-3(21-9)1-20-23(18,19)22-6/h2-3,5-6,9,17H,1H2,(H2,12,15)(H,18,19)(H2,11,13,14)/t3-,5-,6-,9?/m1/s1.